The Morgan fingerprint density at radius 1 is 1.69 bits per heavy atom. The van der Waals surface area contributed by atoms with Crippen molar-refractivity contribution in [1.29, 1.82) is 0 Å². The Hall–Kier alpha value is -0.550. The zero-order chi connectivity index (χ0) is 12.0. The number of aromatic nitrogens is 1. The fourth-order valence-electron chi connectivity index (χ4n) is 1.15. The smallest absolute Gasteiger partial charge is 0.251 e. The Kier molecular flexibility index (Phi) is 5.84. The van der Waals surface area contributed by atoms with Crippen LogP contribution in [0.1, 0.15) is 23.7 Å². The van der Waals surface area contributed by atoms with Crippen molar-refractivity contribution in [3.05, 3.63) is 28.5 Å². The zero-order valence-electron chi connectivity index (χ0n) is 9.37. The van der Waals surface area contributed by atoms with Crippen LogP contribution in [0.15, 0.2) is 22.9 Å². The molecule has 16 heavy (non-hydrogen) atoms. The quantitative estimate of drug-likeness (QED) is 0.851. The maximum atomic E-state index is 11.7. The highest BCUT2D eigenvalue weighted by Gasteiger charge is 2.06. The van der Waals surface area contributed by atoms with Gasteiger partial charge in [-0.1, -0.05) is 6.92 Å². The van der Waals surface area contributed by atoms with Crippen molar-refractivity contribution in [2.45, 2.75) is 18.6 Å². The van der Waals surface area contributed by atoms with Crippen LogP contribution < -0.4 is 5.32 Å². The summed E-state index contributed by atoms with van der Waals surface area (Å²) >= 11 is 5.04. The number of carbonyl (C=O) groups is 1. The minimum atomic E-state index is -0.0450. The number of nitrogens with zero attached hydrogens (tertiary/aromatic N) is 1. The van der Waals surface area contributed by atoms with Gasteiger partial charge in [0.2, 0.25) is 0 Å². The Morgan fingerprint density at radius 2 is 2.44 bits per heavy atom. The number of hydrogen-bond acceptors (Lipinski definition) is 3. The number of rotatable bonds is 5. The van der Waals surface area contributed by atoms with Crippen LogP contribution in [0.2, 0.25) is 0 Å². The van der Waals surface area contributed by atoms with Crippen molar-refractivity contribution in [3.63, 3.8) is 0 Å². The molecule has 1 aromatic rings. The lowest BCUT2D eigenvalue weighted by molar-refractivity contribution is 0.0953. The van der Waals surface area contributed by atoms with Crippen molar-refractivity contribution < 1.29 is 4.79 Å². The van der Waals surface area contributed by atoms with Crippen molar-refractivity contribution in [2.75, 3.05) is 12.8 Å². The third kappa shape index (κ3) is 4.53. The molecule has 0 saturated heterocycles. The van der Waals surface area contributed by atoms with Crippen LogP contribution in [0.4, 0.5) is 0 Å². The molecule has 0 saturated carbocycles. The van der Waals surface area contributed by atoms with Gasteiger partial charge < -0.3 is 5.32 Å². The van der Waals surface area contributed by atoms with Crippen molar-refractivity contribution >= 4 is 33.6 Å². The average molecular weight is 303 g/mol. The van der Waals surface area contributed by atoms with Gasteiger partial charge in [-0.15, -0.1) is 0 Å². The molecule has 0 fully saturated rings. The molecule has 1 amide bonds. The number of halogens is 1. The molecule has 1 aromatic heterocycles. The van der Waals surface area contributed by atoms with E-state index in [1.165, 1.54) is 0 Å². The first kappa shape index (κ1) is 13.5. The number of hydrogen-bond donors (Lipinski definition) is 1. The molecular formula is C11H15BrN2OS. The van der Waals surface area contributed by atoms with E-state index in [0.29, 0.717) is 22.0 Å². The lowest BCUT2D eigenvalue weighted by atomic mass is 10.2. The molecule has 5 heteroatoms. The van der Waals surface area contributed by atoms with Crippen LogP contribution in [0.5, 0.6) is 0 Å². The van der Waals surface area contributed by atoms with Crippen molar-refractivity contribution in [2.24, 2.45) is 0 Å². The van der Waals surface area contributed by atoms with Crippen LogP contribution in [0.3, 0.4) is 0 Å². The van der Waals surface area contributed by atoms with Crippen LogP contribution >= 0.6 is 27.7 Å². The summed E-state index contributed by atoms with van der Waals surface area (Å²) in [6.07, 6.45) is 4.68. The maximum absolute atomic E-state index is 11.7. The van der Waals surface area contributed by atoms with Crippen molar-refractivity contribution in [1.82, 2.24) is 10.3 Å². The van der Waals surface area contributed by atoms with E-state index in [0.717, 1.165) is 6.42 Å². The molecule has 3 nitrogen and oxygen atoms in total. The van der Waals surface area contributed by atoms with E-state index in [1.54, 1.807) is 30.1 Å². The lowest BCUT2D eigenvalue weighted by Crippen LogP contribution is -2.26. The van der Waals surface area contributed by atoms with E-state index in [9.17, 15) is 4.79 Å². The minimum absolute atomic E-state index is 0.0450. The predicted molar refractivity (Wildman–Crippen MR) is 71.9 cm³/mol. The summed E-state index contributed by atoms with van der Waals surface area (Å²) < 4.78 is 0.678. The summed E-state index contributed by atoms with van der Waals surface area (Å²) in [5, 5.41) is 3.46. The molecule has 0 aliphatic carbocycles. The van der Waals surface area contributed by atoms with Gasteiger partial charge in [0.05, 0.1) is 0 Å². The topological polar surface area (TPSA) is 42.0 Å². The van der Waals surface area contributed by atoms with Crippen LogP contribution in [-0.2, 0) is 0 Å². The number of carbonyl (C=O) groups excluding carboxylic acids is 1. The molecule has 1 heterocycles. The van der Waals surface area contributed by atoms with Gasteiger partial charge in [-0.3, -0.25) is 4.79 Å². The Labute approximate surface area is 109 Å². The normalized spacial score (nSPS) is 12.2. The van der Waals surface area contributed by atoms with E-state index in [1.807, 2.05) is 0 Å². The molecule has 1 atom stereocenters. The molecular weight excluding hydrogens is 288 g/mol. The maximum Gasteiger partial charge on any atom is 0.251 e. The van der Waals surface area contributed by atoms with Gasteiger partial charge in [0, 0.05) is 23.6 Å². The SMILES string of the molecule is CSC(C)CCNC(=O)c1ccnc(Br)c1. The highest BCUT2D eigenvalue weighted by molar-refractivity contribution is 9.10. The van der Waals surface area contributed by atoms with E-state index in [4.69, 9.17) is 0 Å². The van der Waals surface area contributed by atoms with Gasteiger partial charge in [-0.05, 0) is 40.7 Å². The Bertz CT molecular complexity index is 360. The third-order valence-corrected chi connectivity index (χ3v) is 3.70. The first-order valence-corrected chi connectivity index (χ1v) is 7.14. The highest BCUT2D eigenvalue weighted by atomic mass is 79.9. The summed E-state index contributed by atoms with van der Waals surface area (Å²) in [6, 6.07) is 3.42. The number of nitrogens with one attached hydrogen (secondary N) is 1. The zero-order valence-corrected chi connectivity index (χ0v) is 11.8. The molecule has 0 radical (unpaired) electrons. The molecule has 0 aliphatic heterocycles. The first-order chi connectivity index (χ1) is 7.63. The molecule has 88 valence electrons. The second kappa shape index (κ2) is 6.91. The van der Waals surface area contributed by atoms with Gasteiger partial charge >= 0.3 is 0 Å². The van der Waals surface area contributed by atoms with E-state index in [2.05, 4.69) is 39.4 Å². The van der Waals surface area contributed by atoms with Gasteiger partial charge in [0.15, 0.2) is 0 Å². The monoisotopic (exact) mass is 302 g/mol. The van der Waals surface area contributed by atoms with Crippen molar-refractivity contribution in [3.8, 4) is 0 Å². The van der Waals surface area contributed by atoms with Gasteiger partial charge in [-0.2, -0.15) is 11.8 Å². The standard InChI is InChI=1S/C11H15BrN2OS/c1-8(16-2)3-5-14-11(15)9-4-6-13-10(12)7-9/h4,6-8H,3,5H2,1-2H3,(H,14,15). The number of pyridine rings is 1. The first-order valence-electron chi connectivity index (χ1n) is 5.06. The van der Waals surface area contributed by atoms with E-state index in [-0.39, 0.29) is 5.91 Å². The fraction of sp³-hybridized carbons (Fsp3) is 0.455. The highest BCUT2D eigenvalue weighted by Crippen LogP contribution is 2.09. The average Bonchev–Trinajstić information content (AvgIpc) is 2.28. The second-order valence-corrected chi connectivity index (χ2v) is 5.55. The number of amides is 1. The largest absolute Gasteiger partial charge is 0.352 e. The predicted octanol–water partition coefficient (Wildman–Crippen LogP) is 2.72. The molecule has 1 N–H and O–H groups in total. The van der Waals surface area contributed by atoms with Crippen LogP contribution in [0.25, 0.3) is 0 Å². The summed E-state index contributed by atoms with van der Waals surface area (Å²) in [6.45, 7) is 2.86. The molecule has 0 bridgehead atoms. The van der Waals surface area contributed by atoms with Gasteiger partial charge in [-0.25, -0.2) is 4.98 Å². The van der Waals surface area contributed by atoms with Crippen LogP contribution in [-0.4, -0.2) is 28.9 Å². The summed E-state index contributed by atoms with van der Waals surface area (Å²) in [7, 11) is 0. The van der Waals surface area contributed by atoms with E-state index < -0.39 is 0 Å². The fourth-order valence-corrected chi connectivity index (χ4v) is 1.87. The van der Waals surface area contributed by atoms with Gasteiger partial charge in [0.1, 0.15) is 4.60 Å². The summed E-state index contributed by atoms with van der Waals surface area (Å²) in [5.41, 5.74) is 0.638. The summed E-state index contributed by atoms with van der Waals surface area (Å²) in [5.74, 6) is -0.0450. The van der Waals surface area contributed by atoms with Crippen LogP contribution in [0, 0.1) is 0 Å². The van der Waals surface area contributed by atoms with E-state index >= 15 is 0 Å². The lowest BCUT2D eigenvalue weighted by Gasteiger charge is -2.09. The Morgan fingerprint density at radius 3 is 3.06 bits per heavy atom. The molecule has 0 spiro atoms. The molecule has 0 aliphatic rings. The van der Waals surface area contributed by atoms with Gasteiger partial charge in [0.25, 0.3) is 5.91 Å². The number of thioether (sulfide) groups is 1. The third-order valence-electron chi connectivity index (χ3n) is 2.23. The molecule has 1 rings (SSSR count). The summed E-state index contributed by atoms with van der Waals surface area (Å²) in [4.78, 5) is 15.7. The Balaban J connectivity index is 2.41. The minimum Gasteiger partial charge on any atom is -0.352 e. The molecule has 1 unspecified atom stereocenters. The second-order valence-electron chi connectivity index (χ2n) is 3.46. The molecule has 0 aromatic carbocycles.